The first-order valence-corrected chi connectivity index (χ1v) is 14.1. The molecule has 2 unspecified atom stereocenters. The molecule has 4 bridgehead atoms. The van der Waals surface area contributed by atoms with Gasteiger partial charge in [-0.05, 0) is 81.4 Å². The van der Waals surface area contributed by atoms with Crippen LogP contribution in [0.5, 0.6) is 5.75 Å². The number of likely N-dealkylation sites (tertiary alicyclic amines) is 1. The molecule has 5 fully saturated rings. The van der Waals surface area contributed by atoms with Crippen molar-refractivity contribution in [2.75, 3.05) is 20.2 Å². The molecule has 6 heteroatoms. The number of ether oxygens (including phenoxy) is 2. The molecule has 6 nitrogen and oxygen atoms in total. The van der Waals surface area contributed by atoms with Gasteiger partial charge in [0.1, 0.15) is 17.5 Å². The van der Waals surface area contributed by atoms with Gasteiger partial charge in [0.15, 0.2) is 0 Å². The molecule has 2 aliphatic heterocycles. The van der Waals surface area contributed by atoms with Crippen LogP contribution in [0, 0.1) is 22.7 Å². The summed E-state index contributed by atoms with van der Waals surface area (Å²) in [4.78, 5) is 15.4. The maximum absolute atomic E-state index is 12.6. The summed E-state index contributed by atoms with van der Waals surface area (Å²) in [5.41, 5.74) is 6.86. The number of nitrogens with two attached hydrogens (primary N) is 1. The van der Waals surface area contributed by atoms with Crippen molar-refractivity contribution in [1.82, 2.24) is 4.90 Å². The Labute approximate surface area is 214 Å². The first-order chi connectivity index (χ1) is 16.9. The highest BCUT2D eigenvalue weighted by molar-refractivity contribution is 5.97. The van der Waals surface area contributed by atoms with Gasteiger partial charge in [0.05, 0.1) is 11.2 Å². The van der Waals surface area contributed by atoms with E-state index in [0.717, 1.165) is 44.6 Å². The van der Waals surface area contributed by atoms with Crippen LogP contribution in [0.4, 0.5) is 0 Å². The minimum absolute atomic E-state index is 0.0144. The number of carbonyl (C=O) groups is 1. The fourth-order valence-corrected chi connectivity index (χ4v) is 9.79. The first kappa shape index (κ1) is 23.5. The van der Waals surface area contributed by atoms with Crippen molar-refractivity contribution in [3.05, 3.63) is 28.8 Å². The van der Waals surface area contributed by atoms with Crippen molar-refractivity contribution in [3.63, 3.8) is 0 Å². The van der Waals surface area contributed by atoms with Crippen molar-refractivity contribution >= 4 is 5.91 Å². The number of fused-ring (bicyclic) bond motifs is 2. The Morgan fingerprint density at radius 1 is 1.22 bits per heavy atom. The van der Waals surface area contributed by atoms with Crippen LogP contribution in [0.1, 0.15) is 87.7 Å². The largest absolute Gasteiger partial charge is 0.485 e. The molecule has 0 radical (unpaired) electrons. The van der Waals surface area contributed by atoms with E-state index < -0.39 is 17.1 Å². The lowest BCUT2D eigenvalue weighted by Crippen LogP contribution is -2.83. The average Bonchev–Trinajstić information content (AvgIpc) is 3.56. The molecule has 2 spiro atoms. The summed E-state index contributed by atoms with van der Waals surface area (Å²) in [5.74, 6) is 1.04. The summed E-state index contributed by atoms with van der Waals surface area (Å²) in [6.07, 6.45) is 7.34. The predicted molar refractivity (Wildman–Crippen MR) is 137 cm³/mol. The van der Waals surface area contributed by atoms with Crippen molar-refractivity contribution in [3.8, 4) is 5.75 Å². The molecule has 5 aliphatic carbocycles. The normalized spacial score (nSPS) is 42.0. The average molecular weight is 495 g/mol. The van der Waals surface area contributed by atoms with E-state index in [1.807, 2.05) is 20.1 Å². The van der Waals surface area contributed by atoms with Crippen molar-refractivity contribution in [2.24, 2.45) is 28.4 Å². The number of amides is 1. The zero-order chi connectivity index (χ0) is 25.5. The van der Waals surface area contributed by atoms with Gasteiger partial charge in [-0.25, -0.2) is 0 Å². The SMILES string of the molecule is COC12CC[C@@]3(C[C@@H]1C(C)(O)C(C)(C)C)[C@H]1Cc4ccc(C(N)=O)c5c4[C@@]3(CCN1CC1CC1)[C@H]2O5. The summed E-state index contributed by atoms with van der Waals surface area (Å²) in [6.45, 7) is 10.7. The zero-order valence-electron chi connectivity index (χ0n) is 22.5. The predicted octanol–water partition coefficient (Wildman–Crippen LogP) is 3.81. The van der Waals surface area contributed by atoms with Crippen LogP contribution in [-0.2, 0) is 16.6 Å². The van der Waals surface area contributed by atoms with Gasteiger partial charge >= 0.3 is 0 Å². The van der Waals surface area contributed by atoms with E-state index in [0.29, 0.717) is 17.4 Å². The van der Waals surface area contributed by atoms with Gasteiger partial charge in [-0.2, -0.15) is 0 Å². The summed E-state index contributed by atoms with van der Waals surface area (Å²) in [6, 6.07) is 4.45. The van der Waals surface area contributed by atoms with Crippen LogP contribution in [-0.4, -0.2) is 59.5 Å². The molecule has 1 saturated heterocycles. The second-order valence-corrected chi connectivity index (χ2v) is 14.2. The Morgan fingerprint density at radius 2 is 1.97 bits per heavy atom. The molecule has 196 valence electrons. The number of hydrogen-bond acceptors (Lipinski definition) is 5. The second-order valence-electron chi connectivity index (χ2n) is 14.2. The number of hydrogen-bond donors (Lipinski definition) is 2. The highest BCUT2D eigenvalue weighted by Gasteiger charge is 2.82. The molecule has 1 aromatic rings. The van der Waals surface area contributed by atoms with Gasteiger partial charge in [0.2, 0.25) is 0 Å². The molecular formula is C30H42N2O4. The van der Waals surface area contributed by atoms with Crippen LogP contribution in [0.3, 0.4) is 0 Å². The quantitative estimate of drug-likeness (QED) is 0.650. The summed E-state index contributed by atoms with van der Waals surface area (Å²) in [5, 5.41) is 12.3. The molecule has 4 saturated carbocycles. The summed E-state index contributed by atoms with van der Waals surface area (Å²) in [7, 11) is 1.81. The Morgan fingerprint density at radius 3 is 2.61 bits per heavy atom. The fourth-order valence-electron chi connectivity index (χ4n) is 9.79. The van der Waals surface area contributed by atoms with E-state index >= 15 is 0 Å². The number of piperidine rings is 1. The summed E-state index contributed by atoms with van der Waals surface area (Å²) >= 11 is 0. The van der Waals surface area contributed by atoms with Crippen LogP contribution >= 0.6 is 0 Å². The zero-order valence-corrected chi connectivity index (χ0v) is 22.5. The topological polar surface area (TPSA) is 85.0 Å². The van der Waals surface area contributed by atoms with Crippen molar-refractivity contribution < 1.29 is 19.4 Å². The molecule has 2 heterocycles. The van der Waals surface area contributed by atoms with E-state index in [1.165, 1.54) is 30.5 Å². The maximum Gasteiger partial charge on any atom is 0.252 e. The van der Waals surface area contributed by atoms with Crippen LogP contribution in [0.15, 0.2) is 12.1 Å². The number of rotatable bonds is 5. The number of nitrogens with zero attached hydrogens (tertiary/aromatic N) is 1. The number of benzene rings is 1. The second kappa shape index (κ2) is 6.86. The van der Waals surface area contributed by atoms with Gasteiger partial charge < -0.3 is 20.3 Å². The van der Waals surface area contributed by atoms with E-state index in [1.54, 1.807) is 0 Å². The summed E-state index contributed by atoms with van der Waals surface area (Å²) < 4.78 is 13.6. The van der Waals surface area contributed by atoms with Crippen LogP contribution < -0.4 is 10.5 Å². The lowest BCUT2D eigenvalue weighted by molar-refractivity contribution is -0.312. The Hall–Kier alpha value is -1.63. The third kappa shape index (κ3) is 2.48. The molecule has 1 aromatic carbocycles. The van der Waals surface area contributed by atoms with Gasteiger partial charge in [-0.15, -0.1) is 0 Å². The highest BCUT2D eigenvalue weighted by atomic mass is 16.6. The number of methoxy groups -OCH3 is 1. The van der Waals surface area contributed by atoms with Gasteiger partial charge in [0.25, 0.3) is 5.91 Å². The minimum atomic E-state index is -0.946. The molecule has 1 amide bonds. The van der Waals surface area contributed by atoms with Crippen LogP contribution in [0.2, 0.25) is 0 Å². The monoisotopic (exact) mass is 494 g/mol. The highest BCUT2D eigenvalue weighted by Crippen LogP contribution is 2.77. The minimum Gasteiger partial charge on any atom is -0.485 e. The number of aliphatic hydroxyl groups is 1. The van der Waals surface area contributed by atoms with E-state index in [2.05, 4.69) is 31.7 Å². The molecule has 3 N–H and O–H groups in total. The Balaban J connectivity index is 1.49. The Kier molecular flexibility index (Phi) is 4.48. The number of primary amides is 1. The Bertz CT molecular complexity index is 1150. The molecule has 8 rings (SSSR count). The third-order valence-corrected chi connectivity index (χ3v) is 12.1. The van der Waals surface area contributed by atoms with Gasteiger partial charge in [0, 0.05) is 42.0 Å². The fraction of sp³-hybridized carbons (Fsp3) is 0.767. The molecular weight excluding hydrogens is 452 g/mol. The lowest BCUT2D eigenvalue weighted by Gasteiger charge is -2.75. The van der Waals surface area contributed by atoms with Crippen LogP contribution in [0.25, 0.3) is 0 Å². The standard InChI is InChI=1S/C30H42N2O4/c1-26(2,3)27(4,34)20-15-28-10-11-30(20,35-5)25-29(28)12-13-32(16-17-6-7-17)21(28)14-18-8-9-19(24(31)33)23(36-25)22(18)29/h8-9,17,20-21,25,34H,6-7,10-16H2,1-5H3,(H2,31,33)/t20-,21-,25-,27?,28-,29+,30?/m1/s1. The van der Waals surface area contributed by atoms with Crippen molar-refractivity contribution in [1.29, 1.82) is 0 Å². The van der Waals surface area contributed by atoms with Gasteiger partial charge in [-0.3, -0.25) is 9.69 Å². The van der Waals surface area contributed by atoms with E-state index in [4.69, 9.17) is 15.2 Å². The molecule has 7 aliphatic rings. The molecule has 36 heavy (non-hydrogen) atoms. The molecule has 0 aromatic heterocycles. The van der Waals surface area contributed by atoms with E-state index in [9.17, 15) is 9.90 Å². The van der Waals surface area contributed by atoms with E-state index in [-0.39, 0.29) is 28.3 Å². The smallest absolute Gasteiger partial charge is 0.252 e. The van der Waals surface area contributed by atoms with Gasteiger partial charge in [-0.1, -0.05) is 26.8 Å². The maximum atomic E-state index is 12.6. The third-order valence-electron chi connectivity index (χ3n) is 12.1. The molecule has 7 atom stereocenters. The number of carbonyl (C=O) groups excluding carboxylic acids is 1. The lowest BCUT2D eigenvalue weighted by atomic mass is 9.33. The van der Waals surface area contributed by atoms with Crippen molar-refractivity contribution in [2.45, 2.75) is 101 Å². The first-order valence-electron chi connectivity index (χ1n) is 14.1.